The normalized spacial score (nSPS) is 11.3. The molecule has 0 aliphatic carbocycles. The van der Waals surface area contributed by atoms with Crippen LogP contribution in [0.4, 0.5) is 0 Å². The third-order valence-corrected chi connectivity index (χ3v) is 7.52. The molecule has 4 aromatic carbocycles. The van der Waals surface area contributed by atoms with Crippen LogP contribution in [0.5, 0.6) is 0 Å². The van der Waals surface area contributed by atoms with Crippen molar-refractivity contribution in [2.24, 2.45) is 0 Å². The van der Waals surface area contributed by atoms with Crippen LogP contribution in [-0.2, 0) is 0 Å². The highest BCUT2D eigenvalue weighted by molar-refractivity contribution is 5.96. The van der Waals surface area contributed by atoms with Crippen molar-refractivity contribution in [3.05, 3.63) is 134 Å². The van der Waals surface area contributed by atoms with Gasteiger partial charge in [0.15, 0.2) is 17.5 Å². The van der Waals surface area contributed by atoms with Crippen molar-refractivity contribution in [1.29, 1.82) is 0 Å². The van der Waals surface area contributed by atoms with E-state index >= 15 is 0 Å². The van der Waals surface area contributed by atoms with Gasteiger partial charge in [-0.1, -0.05) is 78.9 Å². The van der Waals surface area contributed by atoms with Crippen LogP contribution in [0.2, 0.25) is 0 Å². The molecule has 6 heteroatoms. The van der Waals surface area contributed by atoms with Crippen molar-refractivity contribution in [3.63, 3.8) is 0 Å². The summed E-state index contributed by atoms with van der Waals surface area (Å²) in [5.74, 6) is 1.79. The first-order valence-electron chi connectivity index (χ1n) is 13.7. The molecule has 0 aliphatic rings. The van der Waals surface area contributed by atoms with Crippen molar-refractivity contribution in [2.45, 2.75) is 0 Å². The highest BCUT2D eigenvalue weighted by Crippen LogP contribution is 2.33. The second-order valence-corrected chi connectivity index (χ2v) is 10.0. The smallest absolute Gasteiger partial charge is 0.164 e. The minimum Gasteiger partial charge on any atom is -0.256 e. The van der Waals surface area contributed by atoms with Crippen LogP contribution in [0, 0.1) is 0 Å². The Balaban J connectivity index is 1.31. The molecule has 0 amide bonds. The largest absolute Gasteiger partial charge is 0.256 e. The number of benzene rings is 4. The Bertz CT molecular complexity index is 2150. The van der Waals surface area contributed by atoms with Gasteiger partial charge >= 0.3 is 0 Å². The topological polar surface area (TPSA) is 77.3 Å². The molecular weight excluding hydrogens is 516 g/mol. The molecule has 196 valence electrons. The fourth-order valence-electron chi connectivity index (χ4n) is 5.47. The van der Waals surface area contributed by atoms with E-state index in [1.807, 2.05) is 72.9 Å². The SMILES string of the molecule is c1ccc2c(-c3ccc(-c4nc(-c5ccnc6ccccc56)nc(-c5ccnc6ccccc56)n4)cc3)ccnc2c1. The minimum atomic E-state index is 0.596. The van der Waals surface area contributed by atoms with Crippen molar-refractivity contribution in [2.75, 3.05) is 0 Å². The van der Waals surface area contributed by atoms with E-state index in [-0.39, 0.29) is 0 Å². The average Bonchev–Trinajstić information content (AvgIpc) is 3.07. The van der Waals surface area contributed by atoms with Gasteiger partial charge in [0.25, 0.3) is 0 Å². The van der Waals surface area contributed by atoms with E-state index in [9.17, 15) is 0 Å². The van der Waals surface area contributed by atoms with Crippen LogP contribution in [-0.4, -0.2) is 29.9 Å². The first-order chi connectivity index (χ1) is 20.8. The summed E-state index contributed by atoms with van der Waals surface area (Å²) in [5.41, 5.74) is 7.71. The van der Waals surface area contributed by atoms with Gasteiger partial charge in [-0.15, -0.1) is 0 Å². The number of hydrogen-bond acceptors (Lipinski definition) is 6. The van der Waals surface area contributed by atoms with Gasteiger partial charge in [-0.25, -0.2) is 15.0 Å². The van der Waals surface area contributed by atoms with Crippen LogP contribution in [0.3, 0.4) is 0 Å². The molecule has 4 aromatic heterocycles. The highest BCUT2D eigenvalue weighted by Gasteiger charge is 2.16. The molecule has 0 saturated carbocycles. The Kier molecular flexibility index (Phi) is 5.67. The Hall–Kier alpha value is -5.88. The first-order valence-corrected chi connectivity index (χ1v) is 13.7. The number of nitrogens with zero attached hydrogens (tertiary/aromatic N) is 6. The van der Waals surface area contributed by atoms with Crippen LogP contribution in [0.1, 0.15) is 0 Å². The zero-order valence-corrected chi connectivity index (χ0v) is 22.4. The van der Waals surface area contributed by atoms with Gasteiger partial charge in [0.1, 0.15) is 0 Å². The quantitative estimate of drug-likeness (QED) is 0.225. The van der Waals surface area contributed by atoms with Gasteiger partial charge in [0, 0.05) is 51.4 Å². The van der Waals surface area contributed by atoms with E-state index in [2.05, 4.69) is 63.5 Å². The summed E-state index contributed by atoms with van der Waals surface area (Å²) >= 11 is 0. The van der Waals surface area contributed by atoms with E-state index in [4.69, 9.17) is 15.0 Å². The Morgan fingerprint density at radius 1 is 0.310 bits per heavy atom. The highest BCUT2D eigenvalue weighted by atomic mass is 15.0. The predicted molar refractivity (Wildman–Crippen MR) is 167 cm³/mol. The van der Waals surface area contributed by atoms with Gasteiger partial charge in [-0.05, 0) is 47.5 Å². The van der Waals surface area contributed by atoms with Crippen molar-refractivity contribution < 1.29 is 0 Å². The first kappa shape index (κ1) is 24.0. The monoisotopic (exact) mass is 538 g/mol. The number of fused-ring (bicyclic) bond motifs is 3. The number of pyridine rings is 3. The molecule has 0 N–H and O–H groups in total. The van der Waals surface area contributed by atoms with Crippen LogP contribution >= 0.6 is 0 Å². The fourth-order valence-corrected chi connectivity index (χ4v) is 5.47. The lowest BCUT2D eigenvalue weighted by atomic mass is 10.00. The molecule has 0 bridgehead atoms. The summed E-state index contributed by atoms with van der Waals surface area (Å²) in [6.45, 7) is 0. The molecule has 0 radical (unpaired) electrons. The van der Waals surface area contributed by atoms with Crippen molar-refractivity contribution >= 4 is 32.7 Å². The maximum absolute atomic E-state index is 5.01. The molecule has 0 spiro atoms. The van der Waals surface area contributed by atoms with Gasteiger partial charge in [0.2, 0.25) is 0 Å². The maximum atomic E-state index is 5.01. The molecule has 0 fully saturated rings. The Morgan fingerprint density at radius 3 is 1.19 bits per heavy atom. The summed E-state index contributed by atoms with van der Waals surface area (Å²) in [7, 11) is 0. The summed E-state index contributed by atoms with van der Waals surface area (Å²) in [6.07, 6.45) is 5.46. The minimum absolute atomic E-state index is 0.596. The van der Waals surface area contributed by atoms with E-state index in [1.165, 1.54) is 0 Å². The second-order valence-electron chi connectivity index (χ2n) is 10.0. The average molecular weight is 539 g/mol. The molecule has 4 heterocycles. The predicted octanol–water partition coefficient (Wildman–Crippen LogP) is 8.18. The summed E-state index contributed by atoms with van der Waals surface area (Å²) in [5, 5.41) is 3.09. The van der Waals surface area contributed by atoms with Crippen molar-refractivity contribution in [1.82, 2.24) is 29.9 Å². The standard InChI is InChI=1S/C36H22N6/c1-4-10-31-26(7-1)25(17-20-37-31)23-13-15-24(16-14-23)34-40-35(29-18-21-38-32-11-5-2-8-27(29)32)42-36(41-34)30-19-22-39-33-12-6-3-9-28(30)33/h1-22H. The summed E-state index contributed by atoms with van der Waals surface area (Å²) < 4.78 is 0. The molecule has 0 unspecified atom stereocenters. The zero-order valence-electron chi connectivity index (χ0n) is 22.4. The van der Waals surface area contributed by atoms with E-state index in [0.717, 1.165) is 60.5 Å². The fraction of sp³-hybridized carbons (Fsp3) is 0. The Morgan fingerprint density at radius 2 is 0.690 bits per heavy atom. The summed E-state index contributed by atoms with van der Waals surface area (Å²) in [6, 6.07) is 38.6. The third-order valence-electron chi connectivity index (χ3n) is 7.52. The molecule has 42 heavy (non-hydrogen) atoms. The van der Waals surface area contributed by atoms with Gasteiger partial charge < -0.3 is 0 Å². The lowest BCUT2D eigenvalue weighted by Crippen LogP contribution is -2.01. The molecule has 0 atom stereocenters. The molecular formula is C36H22N6. The lowest BCUT2D eigenvalue weighted by molar-refractivity contribution is 1.08. The van der Waals surface area contributed by atoms with Crippen LogP contribution < -0.4 is 0 Å². The molecule has 8 aromatic rings. The van der Waals surface area contributed by atoms with Crippen LogP contribution in [0.15, 0.2) is 134 Å². The molecule has 6 nitrogen and oxygen atoms in total. The van der Waals surface area contributed by atoms with Crippen LogP contribution in [0.25, 0.3) is 78.0 Å². The van der Waals surface area contributed by atoms with E-state index < -0.39 is 0 Å². The summed E-state index contributed by atoms with van der Waals surface area (Å²) in [4.78, 5) is 28.6. The second kappa shape index (κ2) is 9.94. The number of rotatable bonds is 4. The number of hydrogen-bond donors (Lipinski definition) is 0. The molecule has 0 saturated heterocycles. The van der Waals surface area contributed by atoms with Gasteiger partial charge in [0.05, 0.1) is 16.6 Å². The van der Waals surface area contributed by atoms with Crippen molar-refractivity contribution in [3.8, 4) is 45.3 Å². The van der Waals surface area contributed by atoms with Gasteiger partial charge in [-0.3, -0.25) is 15.0 Å². The lowest BCUT2D eigenvalue weighted by Gasteiger charge is -2.12. The molecule has 8 rings (SSSR count). The molecule has 0 aliphatic heterocycles. The van der Waals surface area contributed by atoms with E-state index in [0.29, 0.717) is 17.5 Å². The van der Waals surface area contributed by atoms with E-state index in [1.54, 1.807) is 12.4 Å². The van der Waals surface area contributed by atoms with Gasteiger partial charge in [-0.2, -0.15) is 0 Å². The maximum Gasteiger partial charge on any atom is 0.164 e. The number of para-hydroxylation sites is 3. The third kappa shape index (κ3) is 4.14. The zero-order chi connectivity index (χ0) is 27.9. The Labute approximate surface area is 241 Å². The number of aromatic nitrogens is 6.